The zero-order valence-electron chi connectivity index (χ0n) is 10.9. The van der Waals surface area contributed by atoms with E-state index in [1.54, 1.807) is 7.11 Å². The molecule has 0 aromatic heterocycles. The van der Waals surface area contributed by atoms with Crippen LogP contribution in [-0.2, 0) is 11.3 Å². The molecule has 2 unspecified atom stereocenters. The Morgan fingerprint density at radius 2 is 2.24 bits per heavy atom. The molecule has 0 radical (unpaired) electrons. The summed E-state index contributed by atoms with van der Waals surface area (Å²) in [5, 5.41) is 3.49. The SMILES string of the molecule is COCC(C)N(C)C1CNCc2ccccc21. The molecule has 1 N–H and O–H groups in total. The molecule has 2 rings (SSSR count). The van der Waals surface area contributed by atoms with Gasteiger partial charge in [0, 0.05) is 32.3 Å². The lowest BCUT2D eigenvalue weighted by molar-refractivity contribution is 0.0859. The molecule has 1 aliphatic rings. The van der Waals surface area contributed by atoms with E-state index in [0.717, 1.165) is 19.7 Å². The minimum Gasteiger partial charge on any atom is -0.383 e. The Balaban J connectivity index is 2.17. The van der Waals surface area contributed by atoms with E-state index in [1.807, 2.05) is 0 Å². The minimum absolute atomic E-state index is 0.429. The summed E-state index contributed by atoms with van der Waals surface area (Å²) in [6, 6.07) is 9.58. The monoisotopic (exact) mass is 234 g/mol. The number of rotatable bonds is 4. The normalized spacial score (nSPS) is 21.3. The van der Waals surface area contributed by atoms with Gasteiger partial charge in [0.15, 0.2) is 0 Å². The topological polar surface area (TPSA) is 24.5 Å². The Hall–Kier alpha value is -0.900. The molecule has 1 aromatic carbocycles. The number of likely N-dealkylation sites (N-methyl/N-ethyl adjacent to an activating group) is 1. The molecule has 1 aromatic rings. The predicted molar refractivity (Wildman–Crippen MR) is 70.0 cm³/mol. The highest BCUT2D eigenvalue weighted by molar-refractivity contribution is 5.32. The number of hydrogen-bond acceptors (Lipinski definition) is 3. The van der Waals surface area contributed by atoms with Gasteiger partial charge in [-0.2, -0.15) is 0 Å². The highest BCUT2D eigenvalue weighted by Crippen LogP contribution is 2.27. The zero-order valence-corrected chi connectivity index (χ0v) is 10.9. The van der Waals surface area contributed by atoms with Crippen LogP contribution < -0.4 is 5.32 Å². The minimum atomic E-state index is 0.429. The van der Waals surface area contributed by atoms with Gasteiger partial charge in [0.1, 0.15) is 0 Å². The third kappa shape index (κ3) is 2.68. The van der Waals surface area contributed by atoms with Crippen LogP contribution in [0.4, 0.5) is 0 Å². The lowest BCUT2D eigenvalue weighted by Crippen LogP contribution is -2.43. The first-order chi connectivity index (χ1) is 8.24. The van der Waals surface area contributed by atoms with Crippen molar-refractivity contribution in [1.82, 2.24) is 10.2 Å². The van der Waals surface area contributed by atoms with Gasteiger partial charge >= 0.3 is 0 Å². The standard InChI is InChI=1S/C14H22N2O/c1-11(10-17-3)16(2)14-9-15-8-12-6-4-5-7-13(12)14/h4-7,11,14-15H,8-10H2,1-3H3. The first-order valence-electron chi connectivity index (χ1n) is 6.23. The number of ether oxygens (including phenoxy) is 1. The van der Waals surface area contributed by atoms with E-state index in [9.17, 15) is 0 Å². The fourth-order valence-electron chi connectivity index (χ4n) is 2.50. The molecule has 0 amide bonds. The van der Waals surface area contributed by atoms with Crippen LogP contribution >= 0.6 is 0 Å². The fraction of sp³-hybridized carbons (Fsp3) is 0.571. The molecule has 2 atom stereocenters. The third-order valence-corrected chi connectivity index (χ3v) is 3.66. The van der Waals surface area contributed by atoms with Gasteiger partial charge < -0.3 is 10.1 Å². The van der Waals surface area contributed by atoms with Crippen molar-refractivity contribution < 1.29 is 4.74 Å². The van der Waals surface area contributed by atoms with Crippen molar-refractivity contribution in [2.75, 3.05) is 27.3 Å². The van der Waals surface area contributed by atoms with Crippen LogP contribution in [0.5, 0.6) is 0 Å². The van der Waals surface area contributed by atoms with Crippen LogP contribution in [0.3, 0.4) is 0 Å². The number of nitrogens with one attached hydrogen (secondary N) is 1. The second-order valence-electron chi connectivity index (χ2n) is 4.82. The Labute approximate surface area is 104 Å². The first-order valence-corrected chi connectivity index (χ1v) is 6.23. The molecule has 0 saturated carbocycles. The van der Waals surface area contributed by atoms with Crippen molar-refractivity contribution in [2.24, 2.45) is 0 Å². The van der Waals surface area contributed by atoms with Crippen LogP contribution in [0.1, 0.15) is 24.1 Å². The average molecular weight is 234 g/mol. The van der Waals surface area contributed by atoms with Gasteiger partial charge in [-0.15, -0.1) is 0 Å². The van der Waals surface area contributed by atoms with E-state index >= 15 is 0 Å². The average Bonchev–Trinajstić information content (AvgIpc) is 2.37. The van der Waals surface area contributed by atoms with E-state index in [2.05, 4.69) is 48.5 Å². The van der Waals surface area contributed by atoms with Gasteiger partial charge in [-0.3, -0.25) is 4.90 Å². The van der Waals surface area contributed by atoms with Crippen molar-refractivity contribution >= 4 is 0 Å². The molecule has 0 saturated heterocycles. The molecule has 1 aliphatic heterocycles. The molecular formula is C14H22N2O. The van der Waals surface area contributed by atoms with E-state index in [-0.39, 0.29) is 0 Å². The number of fused-ring (bicyclic) bond motifs is 1. The molecule has 0 bridgehead atoms. The van der Waals surface area contributed by atoms with E-state index in [1.165, 1.54) is 11.1 Å². The van der Waals surface area contributed by atoms with Gasteiger partial charge in [0.05, 0.1) is 6.61 Å². The predicted octanol–water partition coefficient (Wildman–Crippen LogP) is 1.80. The van der Waals surface area contributed by atoms with Crippen molar-refractivity contribution in [3.05, 3.63) is 35.4 Å². The van der Waals surface area contributed by atoms with Crippen LogP contribution in [-0.4, -0.2) is 38.3 Å². The second-order valence-corrected chi connectivity index (χ2v) is 4.82. The largest absolute Gasteiger partial charge is 0.383 e. The van der Waals surface area contributed by atoms with Gasteiger partial charge in [-0.25, -0.2) is 0 Å². The van der Waals surface area contributed by atoms with E-state index in [4.69, 9.17) is 4.74 Å². The molecular weight excluding hydrogens is 212 g/mol. The summed E-state index contributed by atoms with van der Waals surface area (Å²) in [4.78, 5) is 2.40. The highest BCUT2D eigenvalue weighted by Gasteiger charge is 2.25. The van der Waals surface area contributed by atoms with Crippen molar-refractivity contribution in [3.8, 4) is 0 Å². The molecule has 0 aliphatic carbocycles. The zero-order chi connectivity index (χ0) is 12.3. The summed E-state index contributed by atoms with van der Waals surface area (Å²) in [6.07, 6.45) is 0. The quantitative estimate of drug-likeness (QED) is 0.859. The van der Waals surface area contributed by atoms with Crippen LogP contribution in [0, 0.1) is 0 Å². The third-order valence-electron chi connectivity index (χ3n) is 3.66. The Bertz CT molecular complexity index is 367. The lowest BCUT2D eigenvalue weighted by Gasteiger charge is -2.37. The molecule has 3 nitrogen and oxygen atoms in total. The molecule has 0 fully saturated rings. The Morgan fingerprint density at radius 3 is 3.00 bits per heavy atom. The maximum Gasteiger partial charge on any atom is 0.0615 e. The summed E-state index contributed by atoms with van der Waals surface area (Å²) in [5.74, 6) is 0. The van der Waals surface area contributed by atoms with Crippen molar-refractivity contribution in [3.63, 3.8) is 0 Å². The molecule has 1 heterocycles. The highest BCUT2D eigenvalue weighted by atomic mass is 16.5. The first kappa shape index (κ1) is 12.6. The van der Waals surface area contributed by atoms with Crippen molar-refractivity contribution in [1.29, 1.82) is 0 Å². The molecule has 3 heteroatoms. The van der Waals surface area contributed by atoms with Crippen LogP contribution in [0.2, 0.25) is 0 Å². The Kier molecular flexibility index (Phi) is 4.15. The summed E-state index contributed by atoms with van der Waals surface area (Å²) in [6.45, 7) is 4.98. The summed E-state index contributed by atoms with van der Waals surface area (Å²) < 4.78 is 5.24. The van der Waals surface area contributed by atoms with Crippen LogP contribution in [0.15, 0.2) is 24.3 Å². The maximum absolute atomic E-state index is 5.24. The number of benzene rings is 1. The number of hydrogen-bond donors (Lipinski definition) is 1. The fourth-order valence-corrected chi connectivity index (χ4v) is 2.50. The molecule has 17 heavy (non-hydrogen) atoms. The van der Waals surface area contributed by atoms with Gasteiger partial charge in [0.2, 0.25) is 0 Å². The maximum atomic E-state index is 5.24. The van der Waals surface area contributed by atoms with E-state index < -0.39 is 0 Å². The second kappa shape index (κ2) is 5.63. The summed E-state index contributed by atoms with van der Waals surface area (Å²) in [5.41, 5.74) is 2.87. The smallest absolute Gasteiger partial charge is 0.0615 e. The van der Waals surface area contributed by atoms with Crippen LogP contribution in [0.25, 0.3) is 0 Å². The van der Waals surface area contributed by atoms with E-state index in [0.29, 0.717) is 12.1 Å². The van der Waals surface area contributed by atoms with Crippen molar-refractivity contribution in [2.45, 2.75) is 25.6 Å². The number of methoxy groups -OCH3 is 1. The Morgan fingerprint density at radius 1 is 1.47 bits per heavy atom. The number of nitrogens with zero attached hydrogens (tertiary/aromatic N) is 1. The summed E-state index contributed by atoms with van der Waals surface area (Å²) in [7, 11) is 3.94. The van der Waals surface area contributed by atoms with Gasteiger partial charge in [-0.05, 0) is 25.1 Å². The molecule has 0 spiro atoms. The molecule has 94 valence electrons. The summed E-state index contributed by atoms with van der Waals surface area (Å²) >= 11 is 0. The van der Waals surface area contributed by atoms with Gasteiger partial charge in [-0.1, -0.05) is 24.3 Å². The van der Waals surface area contributed by atoms with Gasteiger partial charge in [0.25, 0.3) is 0 Å². The lowest BCUT2D eigenvalue weighted by atomic mass is 9.95.